The van der Waals surface area contributed by atoms with Crippen LogP contribution in [0.3, 0.4) is 0 Å². The zero-order chi connectivity index (χ0) is 18.0. The van der Waals surface area contributed by atoms with Gasteiger partial charge in [0.05, 0.1) is 25.3 Å². The number of thioether (sulfide) groups is 1. The zero-order valence-electron chi connectivity index (χ0n) is 14.6. The number of hydrogen-bond donors (Lipinski definition) is 0. The monoisotopic (exact) mass is 403 g/mol. The van der Waals surface area contributed by atoms with Crippen molar-refractivity contribution in [2.75, 3.05) is 26.5 Å². The summed E-state index contributed by atoms with van der Waals surface area (Å²) in [5.41, 5.74) is 0. The molecule has 0 aromatic heterocycles. The van der Waals surface area contributed by atoms with Crippen LogP contribution in [0.15, 0.2) is 5.16 Å². The fraction of sp³-hybridized carbons (Fsp3) is 0.833. The molecule has 0 atom stereocenters. The molecule has 0 rings (SSSR count). The molecule has 0 aliphatic heterocycles. The zero-order valence-corrected chi connectivity index (χ0v) is 18.0. The van der Waals surface area contributed by atoms with E-state index < -0.39 is 12.7 Å². The summed E-state index contributed by atoms with van der Waals surface area (Å²) >= 11 is 8.11. The highest BCUT2D eigenvalue weighted by Crippen LogP contribution is 2.57. The van der Waals surface area contributed by atoms with Gasteiger partial charge in [-0.1, -0.05) is 5.16 Å². The Balaban J connectivity index is 5.05. The van der Waals surface area contributed by atoms with Crippen LogP contribution >= 0.6 is 30.5 Å². The fourth-order valence-corrected chi connectivity index (χ4v) is 5.86. The molecule has 0 fully saturated rings. The molecule has 23 heavy (non-hydrogen) atoms. The van der Waals surface area contributed by atoms with Crippen molar-refractivity contribution in [1.82, 2.24) is 8.38 Å². The van der Waals surface area contributed by atoms with Gasteiger partial charge in [-0.2, -0.15) is 4.08 Å². The van der Waals surface area contributed by atoms with Gasteiger partial charge in [0.2, 0.25) is 0 Å². The van der Waals surface area contributed by atoms with Gasteiger partial charge >= 0.3 is 6.09 Å². The highest BCUT2D eigenvalue weighted by molar-refractivity contribution is 8.15. The van der Waals surface area contributed by atoms with Gasteiger partial charge in [0.15, 0.2) is 0 Å². The third-order valence-corrected chi connectivity index (χ3v) is 8.38. The summed E-state index contributed by atoms with van der Waals surface area (Å²) in [6.45, 7) is 7.59. The number of hydrogen-bond acceptors (Lipinski definition) is 8. The van der Waals surface area contributed by atoms with E-state index in [9.17, 15) is 4.79 Å². The average molecular weight is 404 g/mol. The number of amides is 1. The first kappa shape index (κ1) is 23.2. The molecular weight excluding hydrogens is 377 g/mol. The minimum atomic E-state index is -2.68. The molecule has 0 bridgehead atoms. The molecular formula is C12H26N3O4PS3. The molecule has 136 valence electrons. The van der Waals surface area contributed by atoms with E-state index in [2.05, 4.69) is 5.16 Å². The third-order valence-electron chi connectivity index (χ3n) is 2.28. The lowest BCUT2D eigenvalue weighted by atomic mass is 10.4. The van der Waals surface area contributed by atoms with Crippen molar-refractivity contribution < 1.29 is 18.7 Å². The van der Waals surface area contributed by atoms with Gasteiger partial charge in [0.25, 0.3) is 6.64 Å². The third kappa shape index (κ3) is 8.20. The molecule has 0 aromatic carbocycles. The molecule has 1 amide bonds. The molecule has 0 aromatic rings. The number of oxime groups is 1. The van der Waals surface area contributed by atoms with Crippen LogP contribution < -0.4 is 0 Å². The summed E-state index contributed by atoms with van der Waals surface area (Å²) in [6, 6.07) is 0.00983. The van der Waals surface area contributed by atoms with Crippen molar-refractivity contribution in [2.45, 2.75) is 40.7 Å². The standard InChI is InChI=1S/C12H26N3O4PS3/c1-8-17-20(21,18-9-2)15(10(3)4)23-14(6)12(16)19-13-11(5)22-7/h10H,8-9H2,1-7H3. The molecule has 0 radical (unpaired) electrons. The molecule has 0 saturated carbocycles. The fourth-order valence-electron chi connectivity index (χ4n) is 1.26. The molecule has 0 unspecified atom stereocenters. The number of rotatable bonds is 9. The largest absolute Gasteiger partial charge is 0.446 e. The SMILES string of the molecule is CCOP(=S)(OCC)N(SN(C)C(=O)ON=C(C)SC)C(C)C. The van der Waals surface area contributed by atoms with Crippen molar-refractivity contribution in [3.63, 3.8) is 0 Å². The molecule has 0 aliphatic rings. The highest BCUT2D eigenvalue weighted by Gasteiger charge is 2.34. The Morgan fingerprint density at radius 3 is 2.22 bits per heavy atom. The van der Waals surface area contributed by atoms with Gasteiger partial charge in [-0.25, -0.2) is 9.10 Å². The van der Waals surface area contributed by atoms with E-state index in [-0.39, 0.29) is 6.04 Å². The summed E-state index contributed by atoms with van der Waals surface area (Å²) in [4.78, 5) is 16.9. The summed E-state index contributed by atoms with van der Waals surface area (Å²) in [6.07, 6.45) is 1.26. The minimum Gasteiger partial charge on any atom is -0.318 e. The maximum atomic E-state index is 12.0. The quantitative estimate of drug-likeness (QED) is 0.141. The van der Waals surface area contributed by atoms with Crippen molar-refractivity contribution in [2.24, 2.45) is 5.16 Å². The Hall–Kier alpha value is 0.170. The Morgan fingerprint density at radius 1 is 1.30 bits per heavy atom. The first-order valence-electron chi connectivity index (χ1n) is 7.11. The Bertz CT molecular complexity index is 441. The second-order valence-corrected chi connectivity index (χ2v) is 10.1. The van der Waals surface area contributed by atoms with Crippen LogP contribution in [-0.2, 0) is 25.7 Å². The van der Waals surface area contributed by atoms with Crippen LogP contribution in [0.1, 0.15) is 34.6 Å². The second kappa shape index (κ2) is 11.7. The molecule has 0 N–H and O–H groups in total. The van der Waals surface area contributed by atoms with Crippen molar-refractivity contribution in [3.8, 4) is 0 Å². The molecule has 0 aliphatic carbocycles. The van der Waals surface area contributed by atoms with E-state index in [1.807, 2.05) is 34.0 Å². The average Bonchev–Trinajstić information content (AvgIpc) is 2.49. The van der Waals surface area contributed by atoms with Gasteiger partial charge < -0.3 is 9.05 Å². The van der Waals surface area contributed by atoms with Crippen LogP contribution in [0.25, 0.3) is 0 Å². The summed E-state index contributed by atoms with van der Waals surface area (Å²) < 4.78 is 14.5. The lowest BCUT2D eigenvalue weighted by Gasteiger charge is -2.35. The van der Waals surface area contributed by atoms with Crippen LogP contribution in [0.5, 0.6) is 0 Å². The summed E-state index contributed by atoms with van der Waals surface area (Å²) in [7, 11) is 1.59. The van der Waals surface area contributed by atoms with Crippen molar-refractivity contribution in [1.29, 1.82) is 0 Å². The van der Waals surface area contributed by atoms with Crippen molar-refractivity contribution in [3.05, 3.63) is 0 Å². The Kier molecular flexibility index (Phi) is 11.8. The van der Waals surface area contributed by atoms with E-state index >= 15 is 0 Å². The maximum Gasteiger partial charge on any atom is 0.446 e. The number of carbonyl (C=O) groups is 1. The van der Waals surface area contributed by atoms with Crippen LogP contribution in [0.2, 0.25) is 0 Å². The van der Waals surface area contributed by atoms with E-state index in [1.165, 1.54) is 16.1 Å². The van der Waals surface area contributed by atoms with Crippen LogP contribution in [-0.4, -0.2) is 52.1 Å². The van der Waals surface area contributed by atoms with Crippen molar-refractivity contribution >= 4 is 53.5 Å². The topological polar surface area (TPSA) is 63.6 Å². The van der Waals surface area contributed by atoms with E-state index in [4.69, 9.17) is 25.7 Å². The van der Waals surface area contributed by atoms with Gasteiger partial charge in [-0.05, 0) is 52.7 Å². The van der Waals surface area contributed by atoms with Gasteiger partial charge in [0, 0.05) is 13.1 Å². The molecule has 0 heterocycles. The summed E-state index contributed by atoms with van der Waals surface area (Å²) in [5, 5.41) is 4.39. The normalized spacial score (nSPS) is 12.8. The maximum absolute atomic E-state index is 12.0. The number of nitrogens with zero attached hydrogens (tertiary/aromatic N) is 3. The Labute approximate surface area is 152 Å². The molecule has 7 nitrogen and oxygen atoms in total. The molecule has 0 saturated heterocycles. The Morgan fingerprint density at radius 2 is 1.83 bits per heavy atom. The highest BCUT2D eigenvalue weighted by atomic mass is 32.5. The first-order chi connectivity index (χ1) is 10.7. The van der Waals surface area contributed by atoms with E-state index in [0.717, 1.165) is 12.1 Å². The lowest BCUT2D eigenvalue weighted by molar-refractivity contribution is 0.136. The van der Waals surface area contributed by atoms with Gasteiger partial charge in [-0.15, -0.1) is 11.8 Å². The van der Waals surface area contributed by atoms with Crippen LogP contribution in [0.4, 0.5) is 4.79 Å². The smallest absolute Gasteiger partial charge is 0.318 e. The second-order valence-electron chi connectivity index (χ2n) is 4.45. The van der Waals surface area contributed by atoms with E-state index in [0.29, 0.717) is 18.3 Å². The molecule has 11 heteroatoms. The van der Waals surface area contributed by atoms with Gasteiger partial charge in [-0.3, -0.25) is 4.84 Å². The predicted molar refractivity (Wildman–Crippen MR) is 103 cm³/mol. The number of carbonyl (C=O) groups excluding carboxylic acids is 1. The molecule has 0 spiro atoms. The lowest BCUT2D eigenvalue weighted by Crippen LogP contribution is -2.30. The minimum absolute atomic E-state index is 0.00983. The predicted octanol–water partition coefficient (Wildman–Crippen LogP) is 4.32. The van der Waals surface area contributed by atoms with E-state index in [1.54, 1.807) is 18.0 Å². The first-order valence-corrected chi connectivity index (χ1v) is 11.7. The summed E-state index contributed by atoms with van der Waals surface area (Å²) in [5.74, 6) is 0. The van der Waals surface area contributed by atoms with Crippen LogP contribution in [0, 0.1) is 0 Å². The van der Waals surface area contributed by atoms with Gasteiger partial charge in [0.1, 0.15) is 5.04 Å².